The molecule has 0 aliphatic carbocycles. The first-order chi connectivity index (χ1) is 11.5. The van der Waals surface area contributed by atoms with Gasteiger partial charge >= 0.3 is 0 Å². The number of para-hydroxylation sites is 1. The van der Waals surface area contributed by atoms with Crippen molar-refractivity contribution in [1.82, 2.24) is 0 Å². The quantitative estimate of drug-likeness (QED) is 0.832. The molecule has 1 amide bonds. The highest BCUT2D eigenvalue weighted by atomic mass is 16.5. The molecular weight excluding hydrogens is 300 g/mol. The summed E-state index contributed by atoms with van der Waals surface area (Å²) >= 11 is 0. The molecule has 0 spiro atoms. The first kappa shape index (κ1) is 17.9. The molecule has 0 aliphatic rings. The zero-order valence-corrected chi connectivity index (χ0v) is 14.9. The summed E-state index contributed by atoms with van der Waals surface area (Å²) in [5, 5.41) is 2.94. The van der Waals surface area contributed by atoms with E-state index in [1.54, 1.807) is 7.11 Å². The fraction of sp³-hybridized carbons (Fsp3) is 0.350. The Bertz CT molecular complexity index is 666. The zero-order chi connectivity index (χ0) is 17.5. The smallest absolute Gasteiger partial charge is 0.228 e. The molecule has 0 saturated carbocycles. The standard InChI is InChI=1S/C20H26N2O2/c1-5-22(15(2)3)18-12-10-17(11-13-18)21-20(23)14-16-8-6-7-9-19(16)24-4/h6-13,15H,5,14H2,1-4H3,(H,21,23). The lowest BCUT2D eigenvalue weighted by atomic mass is 10.1. The molecule has 2 aromatic rings. The van der Waals surface area contributed by atoms with Crippen molar-refractivity contribution in [1.29, 1.82) is 0 Å². The summed E-state index contributed by atoms with van der Waals surface area (Å²) in [6.45, 7) is 7.44. The molecule has 0 aliphatic heterocycles. The van der Waals surface area contributed by atoms with Crippen molar-refractivity contribution >= 4 is 17.3 Å². The van der Waals surface area contributed by atoms with Gasteiger partial charge in [-0.25, -0.2) is 0 Å². The third-order valence-electron chi connectivity index (χ3n) is 3.99. The molecule has 0 radical (unpaired) electrons. The van der Waals surface area contributed by atoms with Crippen LogP contribution in [0.4, 0.5) is 11.4 Å². The van der Waals surface area contributed by atoms with Crippen LogP contribution >= 0.6 is 0 Å². The van der Waals surface area contributed by atoms with Crippen molar-refractivity contribution in [3.05, 3.63) is 54.1 Å². The zero-order valence-electron chi connectivity index (χ0n) is 14.9. The predicted molar refractivity (Wildman–Crippen MR) is 99.9 cm³/mol. The fourth-order valence-electron chi connectivity index (χ4n) is 2.81. The Hall–Kier alpha value is -2.49. The Kier molecular flexibility index (Phi) is 6.24. The van der Waals surface area contributed by atoms with Gasteiger partial charge in [-0.05, 0) is 51.1 Å². The van der Waals surface area contributed by atoms with E-state index >= 15 is 0 Å². The maximum Gasteiger partial charge on any atom is 0.228 e. The van der Waals surface area contributed by atoms with Gasteiger partial charge in [0.1, 0.15) is 5.75 Å². The summed E-state index contributed by atoms with van der Waals surface area (Å²) in [5.41, 5.74) is 2.85. The van der Waals surface area contributed by atoms with Crippen LogP contribution in [0.3, 0.4) is 0 Å². The largest absolute Gasteiger partial charge is 0.496 e. The van der Waals surface area contributed by atoms with Crippen LogP contribution in [0.2, 0.25) is 0 Å². The number of carbonyl (C=O) groups is 1. The van der Waals surface area contributed by atoms with E-state index in [1.165, 1.54) is 0 Å². The van der Waals surface area contributed by atoms with Crippen LogP contribution in [0.25, 0.3) is 0 Å². The van der Waals surface area contributed by atoms with E-state index in [-0.39, 0.29) is 5.91 Å². The van der Waals surface area contributed by atoms with Gasteiger partial charge < -0.3 is 15.0 Å². The molecule has 0 bridgehead atoms. The molecule has 24 heavy (non-hydrogen) atoms. The number of nitrogens with one attached hydrogen (secondary N) is 1. The molecule has 0 heterocycles. The van der Waals surface area contributed by atoms with Gasteiger partial charge in [-0.3, -0.25) is 4.79 Å². The molecule has 2 rings (SSSR count). The van der Waals surface area contributed by atoms with Crippen LogP contribution in [-0.2, 0) is 11.2 Å². The minimum Gasteiger partial charge on any atom is -0.496 e. The summed E-state index contributed by atoms with van der Waals surface area (Å²) in [4.78, 5) is 14.6. The number of hydrogen-bond acceptors (Lipinski definition) is 3. The summed E-state index contributed by atoms with van der Waals surface area (Å²) in [6, 6.07) is 16.0. The van der Waals surface area contributed by atoms with Gasteiger partial charge in [0.2, 0.25) is 5.91 Å². The first-order valence-electron chi connectivity index (χ1n) is 8.33. The topological polar surface area (TPSA) is 41.6 Å². The van der Waals surface area contributed by atoms with Crippen molar-refractivity contribution in [2.75, 3.05) is 23.9 Å². The normalized spacial score (nSPS) is 10.5. The van der Waals surface area contributed by atoms with E-state index in [0.29, 0.717) is 12.5 Å². The minimum absolute atomic E-state index is 0.0524. The predicted octanol–water partition coefficient (Wildman–Crippen LogP) is 4.11. The molecule has 0 fully saturated rings. The number of nitrogens with zero attached hydrogens (tertiary/aromatic N) is 1. The maximum atomic E-state index is 12.3. The second kappa shape index (κ2) is 8.39. The molecule has 0 atom stereocenters. The highest BCUT2D eigenvalue weighted by Crippen LogP contribution is 2.21. The number of carbonyl (C=O) groups excluding carboxylic acids is 1. The second-order valence-corrected chi connectivity index (χ2v) is 5.96. The van der Waals surface area contributed by atoms with Crippen molar-refractivity contribution in [2.24, 2.45) is 0 Å². The number of hydrogen-bond donors (Lipinski definition) is 1. The Morgan fingerprint density at radius 1 is 1.12 bits per heavy atom. The third kappa shape index (κ3) is 4.51. The number of benzene rings is 2. The first-order valence-corrected chi connectivity index (χ1v) is 8.33. The molecule has 0 aromatic heterocycles. The summed E-state index contributed by atoms with van der Waals surface area (Å²) < 4.78 is 5.29. The lowest BCUT2D eigenvalue weighted by Crippen LogP contribution is -2.30. The van der Waals surface area contributed by atoms with Gasteiger partial charge in [0.25, 0.3) is 0 Å². The number of amides is 1. The Labute approximate surface area is 144 Å². The molecule has 0 saturated heterocycles. The van der Waals surface area contributed by atoms with Crippen LogP contribution in [0.15, 0.2) is 48.5 Å². The highest BCUT2D eigenvalue weighted by molar-refractivity contribution is 5.92. The molecule has 2 aromatic carbocycles. The Morgan fingerprint density at radius 2 is 1.79 bits per heavy atom. The van der Waals surface area contributed by atoms with E-state index in [4.69, 9.17) is 4.74 Å². The maximum absolute atomic E-state index is 12.3. The fourth-order valence-corrected chi connectivity index (χ4v) is 2.81. The lowest BCUT2D eigenvalue weighted by Gasteiger charge is -2.27. The van der Waals surface area contributed by atoms with Crippen LogP contribution in [0.5, 0.6) is 5.75 Å². The molecule has 4 heteroatoms. The van der Waals surface area contributed by atoms with Crippen LogP contribution in [0, 0.1) is 0 Å². The molecule has 0 unspecified atom stereocenters. The average molecular weight is 326 g/mol. The van der Waals surface area contributed by atoms with E-state index in [1.807, 2.05) is 48.5 Å². The van der Waals surface area contributed by atoms with Gasteiger partial charge in [0, 0.05) is 29.5 Å². The molecule has 4 nitrogen and oxygen atoms in total. The summed E-state index contributed by atoms with van der Waals surface area (Å²) in [6.07, 6.45) is 0.291. The van der Waals surface area contributed by atoms with E-state index in [0.717, 1.165) is 29.2 Å². The number of anilines is 2. The summed E-state index contributed by atoms with van der Waals surface area (Å²) in [5.74, 6) is 0.682. The van der Waals surface area contributed by atoms with Crippen LogP contribution in [-0.4, -0.2) is 25.6 Å². The molecule has 1 N–H and O–H groups in total. The molecular formula is C20H26N2O2. The van der Waals surface area contributed by atoms with E-state index in [2.05, 4.69) is 31.0 Å². The second-order valence-electron chi connectivity index (χ2n) is 5.96. The van der Waals surface area contributed by atoms with Crippen LogP contribution in [0.1, 0.15) is 26.3 Å². The SMILES string of the molecule is CCN(c1ccc(NC(=O)Cc2ccccc2OC)cc1)C(C)C. The van der Waals surface area contributed by atoms with Gasteiger partial charge in [-0.2, -0.15) is 0 Å². The average Bonchev–Trinajstić information content (AvgIpc) is 2.57. The minimum atomic E-state index is -0.0524. The monoisotopic (exact) mass is 326 g/mol. The number of ether oxygens (including phenoxy) is 1. The lowest BCUT2D eigenvalue weighted by molar-refractivity contribution is -0.115. The molecule has 128 valence electrons. The van der Waals surface area contributed by atoms with Gasteiger partial charge in [0.15, 0.2) is 0 Å². The van der Waals surface area contributed by atoms with Crippen LogP contribution < -0.4 is 15.0 Å². The van der Waals surface area contributed by atoms with Gasteiger partial charge in [0.05, 0.1) is 13.5 Å². The van der Waals surface area contributed by atoms with Crippen molar-refractivity contribution in [3.8, 4) is 5.75 Å². The van der Waals surface area contributed by atoms with E-state index in [9.17, 15) is 4.79 Å². The van der Waals surface area contributed by atoms with Crippen molar-refractivity contribution in [2.45, 2.75) is 33.2 Å². The van der Waals surface area contributed by atoms with E-state index < -0.39 is 0 Å². The number of methoxy groups -OCH3 is 1. The number of rotatable bonds is 7. The van der Waals surface area contributed by atoms with Crippen molar-refractivity contribution < 1.29 is 9.53 Å². The van der Waals surface area contributed by atoms with Crippen molar-refractivity contribution in [3.63, 3.8) is 0 Å². The van der Waals surface area contributed by atoms with Gasteiger partial charge in [-0.15, -0.1) is 0 Å². The third-order valence-corrected chi connectivity index (χ3v) is 3.99. The Balaban J connectivity index is 2.02. The highest BCUT2D eigenvalue weighted by Gasteiger charge is 2.10. The van der Waals surface area contributed by atoms with Gasteiger partial charge in [-0.1, -0.05) is 18.2 Å². The Morgan fingerprint density at radius 3 is 2.38 bits per heavy atom. The summed E-state index contributed by atoms with van der Waals surface area (Å²) in [7, 11) is 1.61.